The van der Waals surface area contributed by atoms with Gasteiger partial charge < -0.3 is 10.3 Å². The summed E-state index contributed by atoms with van der Waals surface area (Å²) in [6, 6.07) is 12.5. The second-order valence-corrected chi connectivity index (χ2v) is 8.46. The summed E-state index contributed by atoms with van der Waals surface area (Å²) in [7, 11) is 0. The van der Waals surface area contributed by atoms with Crippen molar-refractivity contribution in [3.8, 4) is 17.2 Å². The first-order valence-corrected chi connectivity index (χ1v) is 10.8. The average Bonchev–Trinajstić information content (AvgIpc) is 3.44. The fourth-order valence-corrected chi connectivity index (χ4v) is 4.96. The Labute approximate surface area is 183 Å². The molecule has 7 heteroatoms. The molecule has 0 spiro atoms. The van der Waals surface area contributed by atoms with E-state index in [1.54, 1.807) is 0 Å². The van der Waals surface area contributed by atoms with Crippen molar-refractivity contribution in [1.82, 2.24) is 25.1 Å². The van der Waals surface area contributed by atoms with Gasteiger partial charge in [0.25, 0.3) is 0 Å². The van der Waals surface area contributed by atoms with E-state index in [1.807, 2.05) is 36.7 Å². The number of nitrogens with zero attached hydrogens (tertiary/aromatic N) is 4. The lowest BCUT2D eigenvalue weighted by Crippen LogP contribution is -2.29. The van der Waals surface area contributed by atoms with Gasteiger partial charge in [-0.25, -0.2) is 4.98 Å². The highest BCUT2D eigenvalue weighted by Gasteiger charge is 2.18. The van der Waals surface area contributed by atoms with E-state index in [4.69, 9.17) is 11.6 Å². The number of hydrogen-bond donors (Lipinski definition) is 2. The van der Waals surface area contributed by atoms with Crippen LogP contribution in [0, 0.1) is 11.3 Å². The fraction of sp³-hybridized carbons (Fsp3) is 0.208. The molecule has 2 aromatic carbocycles. The second kappa shape index (κ2) is 7.09. The van der Waals surface area contributed by atoms with Crippen molar-refractivity contribution in [3.63, 3.8) is 0 Å². The highest BCUT2D eigenvalue weighted by molar-refractivity contribution is 6.37. The van der Waals surface area contributed by atoms with E-state index in [1.165, 1.54) is 0 Å². The topological polar surface area (TPSA) is 82.3 Å². The number of pyridine rings is 1. The molecule has 31 heavy (non-hydrogen) atoms. The standard InChI is InChI=1S/C24H19ClN6/c25-21-3-1-2-18-22(21)14(10-26)8-19-20-9-15(11-28-24(20)30-23(18)19)16-12-29-31(13-16)17-4-6-27-7-5-17/h1-3,8-9,11-13,17,27H,4-7H2,(H,28,30). The molecule has 0 aliphatic carbocycles. The van der Waals surface area contributed by atoms with E-state index < -0.39 is 0 Å². The Morgan fingerprint density at radius 3 is 2.77 bits per heavy atom. The smallest absolute Gasteiger partial charge is 0.138 e. The van der Waals surface area contributed by atoms with Crippen LogP contribution in [0.2, 0.25) is 5.02 Å². The predicted octanol–water partition coefficient (Wildman–Crippen LogP) is 5.18. The molecule has 0 saturated carbocycles. The summed E-state index contributed by atoms with van der Waals surface area (Å²) in [5.74, 6) is 0. The van der Waals surface area contributed by atoms with Gasteiger partial charge in [-0.1, -0.05) is 23.7 Å². The van der Waals surface area contributed by atoms with Crippen molar-refractivity contribution in [2.75, 3.05) is 13.1 Å². The van der Waals surface area contributed by atoms with Crippen molar-refractivity contribution in [2.24, 2.45) is 0 Å². The van der Waals surface area contributed by atoms with Gasteiger partial charge in [0, 0.05) is 50.1 Å². The Hall–Kier alpha value is -3.40. The third-order valence-corrected chi connectivity index (χ3v) is 6.58. The maximum absolute atomic E-state index is 9.74. The molecule has 1 saturated heterocycles. The summed E-state index contributed by atoms with van der Waals surface area (Å²) >= 11 is 6.42. The molecule has 1 aliphatic rings. The molecule has 3 aromatic heterocycles. The lowest BCUT2D eigenvalue weighted by Gasteiger charge is -2.22. The van der Waals surface area contributed by atoms with Crippen molar-refractivity contribution in [3.05, 3.63) is 59.5 Å². The molecule has 4 heterocycles. The summed E-state index contributed by atoms with van der Waals surface area (Å²) in [6.07, 6.45) is 8.09. The number of hydrogen-bond acceptors (Lipinski definition) is 4. The number of rotatable bonds is 2. The Morgan fingerprint density at radius 2 is 1.94 bits per heavy atom. The number of aromatic amines is 1. The number of nitriles is 1. The van der Waals surface area contributed by atoms with Gasteiger partial charge in [-0.05, 0) is 44.1 Å². The maximum atomic E-state index is 9.74. The van der Waals surface area contributed by atoms with Crippen LogP contribution in [0.1, 0.15) is 24.4 Å². The largest absolute Gasteiger partial charge is 0.339 e. The van der Waals surface area contributed by atoms with Gasteiger partial charge in [0.2, 0.25) is 0 Å². The van der Waals surface area contributed by atoms with E-state index >= 15 is 0 Å². The molecule has 0 bridgehead atoms. The van der Waals surface area contributed by atoms with Gasteiger partial charge in [0.15, 0.2) is 0 Å². The summed E-state index contributed by atoms with van der Waals surface area (Å²) in [5.41, 5.74) is 4.37. The Kier molecular flexibility index (Phi) is 4.20. The molecule has 0 radical (unpaired) electrons. The number of nitrogens with one attached hydrogen (secondary N) is 2. The van der Waals surface area contributed by atoms with Crippen molar-refractivity contribution < 1.29 is 0 Å². The molecule has 152 valence electrons. The number of aromatic nitrogens is 4. The van der Waals surface area contributed by atoms with E-state index in [2.05, 4.69) is 43.4 Å². The first-order chi connectivity index (χ1) is 15.2. The zero-order valence-corrected chi connectivity index (χ0v) is 17.4. The van der Waals surface area contributed by atoms with E-state index in [0.717, 1.165) is 69.8 Å². The first-order valence-electron chi connectivity index (χ1n) is 10.4. The van der Waals surface area contributed by atoms with Crippen LogP contribution >= 0.6 is 11.6 Å². The Balaban J connectivity index is 1.52. The normalized spacial score (nSPS) is 15.1. The molecular weight excluding hydrogens is 408 g/mol. The molecule has 6 rings (SSSR count). The van der Waals surface area contributed by atoms with Crippen molar-refractivity contribution in [1.29, 1.82) is 5.26 Å². The molecule has 0 atom stereocenters. The van der Waals surface area contributed by atoms with E-state index in [-0.39, 0.29) is 0 Å². The van der Waals surface area contributed by atoms with Crippen LogP contribution in [0.5, 0.6) is 0 Å². The molecule has 5 aromatic rings. The van der Waals surface area contributed by atoms with E-state index in [0.29, 0.717) is 16.6 Å². The molecule has 2 N–H and O–H groups in total. The van der Waals surface area contributed by atoms with Crippen LogP contribution in [0.3, 0.4) is 0 Å². The van der Waals surface area contributed by atoms with Gasteiger partial charge >= 0.3 is 0 Å². The lowest BCUT2D eigenvalue weighted by molar-refractivity contribution is 0.343. The monoisotopic (exact) mass is 426 g/mol. The van der Waals surface area contributed by atoms with Crippen molar-refractivity contribution in [2.45, 2.75) is 18.9 Å². The van der Waals surface area contributed by atoms with Crippen molar-refractivity contribution >= 4 is 44.3 Å². The minimum Gasteiger partial charge on any atom is -0.339 e. The quantitative estimate of drug-likeness (QED) is 0.407. The van der Waals surface area contributed by atoms with Gasteiger partial charge in [-0.3, -0.25) is 4.68 Å². The van der Waals surface area contributed by atoms with Gasteiger partial charge in [0.05, 0.1) is 29.4 Å². The predicted molar refractivity (Wildman–Crippen MR) is 123 cm³/mol. The lowest BCUT2D eigenvalue weighted by atomic mass is 10.0. The van der Waals surface area contributed by atoms with E-state index in [9.17, 15) is 5.26 Å². The number of piperidine rings is 1. The van der Waals surface area contributed by atoms with Crippen LogP contribution < -0.4 is 5.32 Å². The highest BCUT2D eigenvalue weighted by Crippen LogP contribution is 2.37. The van der Waals surface area contributed by atoms with Crippen LogP contribution in [0.4, 0.5) is 0 Å². The van der Waals surface area contributed by atoms with Gasteiger partial charge in [0.1, 0.15) is 5.65 Å². The third-order valence-electron chi connectivity index (χ3n) is 6.27. The molecule has 6 nitrogen and oxygen atoms in total. The van der Waals surface area contributed by atoms with Gasteiger partial charge in [-0.15, -0.1) is 0 Å². The average molecular weight is 427 g/mol. The van der Waals surface area contributed by atoms with Crippen LogP contribution in [-0.4, -0.2) is 32.8 Å². The molecule has 0 amide bonds. The number of halogens is 1. The third kappa shape index (κ3) is 2.89. The molecular formula is C24H19ClN6. The first kappa shape index (κ1) is 18.4. The zero-order chi connectivity index (χ0) is 20.9. The fourth-order valence-electron chi connectivity index (χ4n) is 4.68. The Bertz CT molecular complexity index is 1500. The Morgan fingerprint density at radius 1 is 1.06 bits per heavy atom. The minimum atomic E-state index is 0.439. The molecule has 1 fully saturated rings. The summed E-state index contributed by atoms with van der Waals surface area (Å²) in [6.45, 7) is 2.06. The number of H-pyrrole nitrogens is 1. The summed E-state index contributed by atoms with van der Waals surface area (Å²) in [4.78, 5) is 8.11. The summed E-state index contributed by atoms with van der Waals surface area (Å²) in [5, 5.41) is 22.0. The van der Waals surface area contributed by atoms with Crippen LogP contribution in [0.25, 0.3) is 43.8 Å². The van der Waals surface area contributed by atoms with Gasteiger partial charge in [-0.2, -0.15) is 10.4 Å². The SMILES string of the molecule is N#Cc1cc2c3cc(-c4cnn(C5CCNCC5)c4)cnc3[nH]c2c2cccc(Cl)c12. The highest BCUT2D eigenvalue weighted by atomic mass is 35.5. The van der Waals surface area contributed by atoms with Crippen LogP contribution in [-0.2, 0) is 0 Å². The summed E-state index contributed by atoms with van der Waals surface area (Å²) < 4.78 is 2.08. The van der Waals surface area contributed by atoms with Crippen LogP contribution in [0.15, 0.2) is 48.9 Å². The number of fused-ring (bicyclic) bond motifs is 5. The second-order valence-electron chi connectivity index (χ2n) is 8.06. The molecule has 1 aliphatic heterocycles. The maximum Gasteiger partial charge on any atom is 0.138 e. The molecule has 0 unspecified atom stereocenters. The number of benzene rings is 2. The zero-order valence-electron chi connectivity index (χ0n) is 16.7. The minimum absolute atomic E-state index is 0.439.